The number of esters is 1. The Labute approximate surface area is 181 Å². The Kier molecular flexibility index (Phi) is 6.02. The minimum absolute atomic E-state index is 0.207. The van der Waals surface area contributed by atoms with Crippen LogP contribution in [0.5, 0.6) is 5.75 Å². The molecular weight excluding hydrogens is 417 g/mol. The molecular formula is C22H18FN5O4. The van der Waals surface area contributed by atoms with Gasteiger partial charge in [0.2, 0.25) is 0 Å². The Morgan fingerprint density at radius 3 is 2.75 bits per heavy atom. The first-order valence-corrected chi connectivity index (χ1v) is 9.63. The number of amides is 1. The summed E-state index contributed by atoms with van der Waals surface area (Å²) < 4.78 is 23.9. The summed E-state index contributed by atoms with van der Waals surface area (Å²) in [6.07, 6.45) is 1.62. The molecule has 0 aliphatic carbocycles. The quantitative estimate of drug-likeness (QED) is 0.428. The number of halogens is 1. The van der Waals surface area contributed by atoms with E-state index in [0.29, 0.717) is 16.9 Å². The van der Waals surface area contributed by atoms with Gasteiger partial charge < -0.3 is 19.8 Å². The van der Waals surface area contributed by atoms with E-state index in [4.69, 9.17) is 9.47 Å². The monoisotopic (exact) mass is 435 g/mol. The zero-order valence-corrected chi connectivity index (χ0v) is 16.9. The number of rotatable bonds is 7. The van der Waals surface area contributed by atoms with Crippen molar-refractivity contribution in [1.82, 2.24) is 19.9 Å². The fourth-order valence-corrected chi connectivity index (χ4v) is 2.82. The highest BCUT2D eigenvalue weighted by Crippen LogP contribution is 2.18. The molecule has 10 heteroatoms. The van der Waals surface area contributed by atoms with Gasteiger partial charge in [-0.25, -0.2) is 24.1 Å². The third kappa shape index (κ3) is 4.86. The number of aromatic amines is 1. The van der Waals surface area contributed by atoms with Gasteiger partial charge in [-0.3, -0.25) is 4.79 Å². The Morgan fingerprint density at radius 2 is 1.94 bits per heavy atom. The summed E-state index contributed by atoms with van der Waals surface area (Å²) in [6.45, 7) is 1.66. The molecule has 2 aromatic carbocycles. The molecule has 0 saturated heterocycles. The summed E-state index contributed by atoms with van der Waals surface area (Å²) in [4.78, 5) is 39.8. The number of nitrogens with one attached hydrogen (secondary N) is 2. The van der Waals surface area contributed by atoms with Crippen LogP contribution >= 0.6 is 0 Å². The van der Waals surface area contributed by atoms with Crippen LogP contribution in [0.1, 0.15) is 22.8 Å². The van der Waals surface area contributed by atoms with Crippen molar-refractivity contribution >= 4 is 28.9 Å². The predicted octanol–water partition coefficient (Wildman–Crippen LogP) is 3.25. The predicted molar refractivity (Wildman–Crippen MR) is 112 cm³/mol. The topological polar surface area (TPSA) is 119 Å². The second-order valence-electron chi connectivity index (χ2n) is 6.80. The van der Waals surface area contributed by atoms with Gasteiger partial charge in [-0.05, 0) is 42.8 Å². The van der Waals surface area contributed by atoms with E-state index in [9.17, 15) is 14.0 Å². The van der Waals surface area contributed by atoms with Crippen LogP contribution < -0.4 is 10.1 Å². The van der Waals surface area contributed by atoms with Crippen LogP contribution in [0.25, 0.3) is 11.2 Å². The Balaban J connectivity index is 1.36. The van der Waals surface area contributed by atoms with Gasteiger partial charge in [0.15, 0.2) is 17.6 Å². The number of ether oxygens (including phenoxy) is 2. The van der Waals surface area contributed by atoms with Crippen LogP contribution in [0.4, 0.5) is 10.2 Å². The summed E-state index contributed by atoms with van der Waals surface area (Å²) in [6, 6.07) is 12.3. The first-order valence-electron chi connectivity index (χ1n) is 9.63. The van der Waals surface area contributed by atoms with Gasteiger partial charge in [-0.1, -0.05) is 18.2 Å². The third-order valence-corrected chi connectivity index (χ3v) is 4.51. The standard InChI is InChI=1S/C22H18FN5O4/c1-13(21(29)28-20-18-19(25-11-24-18)26-12-27-20)32-22(30)15-3-2-4-17(9-15)31-10-14-5-7-16(23)8-6-14/h2-9,11-13H,10H2,1H3,(H2,24,25,26,27,28,29)/t13-/m0/s1. The first kappa shape index (κ1) is 20.9. The Hall–Kier alpha value is -4.34. The molecule has 32 heavy (non-hydrogen) atoms. The molecule has 2 heterocycles. The van der Waals surface area contributed by atoms with Crippen LogP contribution in [-0.4, -0.2) is 37.9 Å². The van der Waals surface area contributed by atoms with Crippen LogP contribution in [0, 0.1) is 5.82 Å². The number of carbonyl (C=O) groups is 2. The van der Waals surface area contributed by atoms with Gasteiger partial charge in [0.05, 0.1) is 11.9 Å². The molecule has 0 radical (unpaired) electrons. The van der Waals surface area contributed by atoms with Gasteiger partial charge in [-0.15, -0.1) is 0 Å². The fraction of sp³-hybridized carbons (Fsp3) is 0.136. The molecule has 0 unspecified atom stereocenters. The molecule has 4 rings (SSSR count). The Morgan fingerprint density at radius 1 is 1.12 bits per heavy atom. The van der Waals surface area contributed by atoms with Crippen molar-refractivity contribution in [2.24, 2.45) is 0 Å². The highest BCUT2D eigenvalue weighted by atomic mass is 19.1. The van der Waals surface area contributed by atoms with Gasteiger partial charge >= 0.3 is 5.97 Å². The number of fused-ring (bicyclic) bond motifs is 1. The Bertz CT molecular complexity index is 1260. The fourth-order valence-electron chi connectivity index (χ4n) is 2.82. The van der Waals surface area contributed by atoms with E-state index in [-0.39, 0.29) is 23.8 Å². The number of benzene rings is 2. The van der Waals surface area contributed by atoms with Crippen molar-refractivity contribution in [3.8, 4) is 5.75 Å². The van der Waals surface area contributed by atoms with E-state index >= 15 is 0 Å². The molecule has 1 amide bonds. The van der Waals surface area contributed by atoms with Crippen molar-refractivity contribution in [1.29, 1.82) is 0 Å². The van der Waals surface area contributed by atoms with E-state index in [0.717, 1.165) is 5.56 Å². The van der Waals surface area contributed by atoms with Crippen LogP contribution in [0.2, 0.25) is 0 Å². The lowest BCUT2D eigenvalue weighted by atomic mass is 10.2. The molecule has 0 saturated carbocycles. The number of carbonyl (C=O) groups excluding carboxylic acids is 2. The average molecular weight is 435 g/mol. The summed E-state index contributed by atoms with van der Waals surface area (Å²) in [7, 11) is 0. The normalized spacial score (nSPS) is 11.7. The summed E-state index contributed by atoms with van der Waals surface area (Å²) in [5, 5.41) is 2.59. The highest BCUT2D eigenvalue weighted by molar-refractivity contribution is 6.00. The van der Waals surface area contributed by atoms with Crippen molar-refractivity contribution in [2.75, 3.05) is 5.32 Å². The zero-order valence-electron chi connectivity index (χ0n) is 16.9. The molecule has 4 aromatic rings. The molecule has 2 N–H and O–H groups in total. The third-order valence-electron chi connectivity index (χ3n) is 4.51. The highest BCUT2D eigenvalue weighted by Gasteiger charge is 2.21. The molecule has 2 aromatic heterocycles. The number of nitrogens with zero attached hydrogens (tertiary/aromatic N) is 3. The number of hydrogen-bond donors (Lipinski definition) is 2. The average Bonchev–Trinajstić information content (AvgIpc) is 3.29. The number of H-pyrrole nitrogens is 1. The summed E-state index contributed by atoms with van der Waals surface area (Å²) in [5.74, 6) is -0.906. The minimum atomic E-state index is -1.08. The van der Waals surface area contributed by atoms with Gasteiger partial charge in [0, 0.05) is 0 Å². The van der Waals surface area contributed by atoms with E-state index in [1.165, 1.54) is 37.8 Å². The molecule has 162 valence electrons. The minimum Gasteiger partial charge on any atom is -0.489 e. The lowest BCUT2D eigenvalue weighted by Gasteiger charge is -2.14. The maximum absolute atomic E-state index is 13.0. The van der Waals surface area contributed by atoms with Crippen molar-refractivity contribution in [3.63, 3.8) is 0 Å². The molecule has 0 bridgehead atoms. The lowest BCUT2D eigenvalue weighted by Crippen LogP contribution is -2.30. The lowest BCUT2D eigenvalue weighted by molar-refractivity contribution is -0.123. The molecule has 0 aliphatic rings. The SMILES string of the molecule is C[C@H](OC(=O)c1cccc(OCc2ccc(F)cc2)c1)C(=O)Nc1ncnc2nc[nH]c12. The number of aromatic nitrogens is 4. The maximum Gasteiger partial charge on any atom is 0.339 e. The molecule has 1 atom stereocenters. The molecule has 0 aliphatic heterocycles. The van der Waals surface area contributed by atoms with E-state index in [2.05, 4.69) is 25.3 Å². The van der Waals surface area contributed by atoms with Gasteiger partial charge in [0.1, 0.15) is 30.0 Å². The second-order valence-corrected chi connectivity index (χ2v) is 6.80. The maximum atomic E-state index is 13.0. The molecule has 0 fully saturated rings. The zero-order chi connectivity index (χ0) is 22.5. The van der Waals surface area contributed by atoms with E-state index in [1.807, 2.05) is 0 Å². The van der Waals surface area contributed by atoms with Crippen molar-refractivity contribution in [2.45, 2.75) is 19.6 Å². The van der Waals surface area contributed by atoms with Gasteiger partial charge in [0.25, 0.3) is 5.91 Å². The number of imidazole rings is 1. The van der Waals surface area contributed by atoms with Gasteiger partial charge in [-0.2, -0.15) is 0 Å². The smallest absolute Gasteiger partial charge is 0.339 e. The van der Waals surface area contributed by atoms with E-state index < -0.39 is 18.0 Å². The second kappa shape index (κ2) is 9.21. The molecule has 0 spiro atoms. The van der Waals surface area contributed by atoms with Crippen LogP contribution in [0.3, 0.4) is 0 Å². The van der Waals surface area contributed by atoms with Crippen molar-refractivity contribution < 1.29 is 23.5 Å². The van der Waals surface area contributed by atoms with Crippen LogP contribution in [-0.2, 0) is 16.1 Å². The largest absolute Gasteiger partial charge is 0.489 e. The van der Waals surface area contributed by atoms with Crippen molar-refractivity contribution in [3.05, 3.63) is 78.1 Å². The summed E-state index contributed by atoms with van der Waals surface area (Å²) >= 11 is 0. The first-order chi connectivity index (χ1) is 15.5. The van der Waals surface area contributed by atoms with E-state index in [1.54, 1.807) is 30.3 Å². The molecule has 9 nitrogen and oxygen atoms in total. The summed E-state index contributed by atoms with van der Waals surface area (Å²) in [5.41, 5.74) is 1.86. The number of hydrogen-bond acceptors (Lipinski definition) is 7. The number of anilines is 1. The van der Waals surface area contributed by atoms with Crippen LogP contribution in [0.15, 0.2) is 61.2 Å².